The molecule has 0 saturated heterocycles. The molecule has 3 nitrogen and oxygen atoms in total. The van der Waals surface area contributed by atoms with Crippen LogP contribution in [0.3, 0.4) is 0 Å². The van der Waals surface area contributed by atoms with Crippen molar-refractivity contribution in [1.82, 2.24) is 0 Å². The molecule has 1 heterocycles. The lowest BCUT2D eigenvalue weighted by Gasteiger charge is -2.19. The average molecular weight is 272 g/mol. The van der Waals surface area contributed by atoms with Crippen molar-refractivity contribution < 1.29 is 9.53 Å². The fourth-order valence-corrected chi connectivity index (χ4v) is 2.66. The first-order chi connectivity index (χ1) is 7.55. The van der Waals surface area contributed by atoms with E-state index in [2.05, 4.69) is 0 Å². The minimum absolute atomic E-state index is 0. The Kier molecular flexibility index (Phi) is 4.14. The summed E-state index contributed by atoms with van der Waals surface area (Å²) in [6.07, 6.45) is 0. The van der Waals surface area contributed by atoms with Crippen molar-refractivity contribution in [1.29, 1.82) is 0 Å². The van der Waals surface area contributed by atoms with Crippen LogP contribution in [0.2, 0.25) is 0 Å². The second-order valence-corrected chi connectivity index (χ2v) is 4.93. The number of ether oxygens (including phenoxy) is 1. The van der Waals surface area contributed by atoms with Gasteiger partial charge in [0.05, 0.1) is 7.11 Å². The summed E-state index contributed by atoms with van der Waals surface area (Å²) in [6, 6.07) is 9.88. The topological polar surface area (TPSA) is 52.3 Å². The molecule has 1 unspecified atom stereocenters. The summed E-state index contributed by atoms with van der Waals surface area (Å²) in [5.74, 6) is -0.418. The van der Waals surface area contributed by atoms with Crippen molar-refractivity contribution in [3.8, 4) is 0 Å². The molecular weight excluding hydrogens is 258 g/mol. The van der Waals surface area contributed by atoms with Gasteiger partial charge in [-0.25, -0.2) is 4.79 Å². The molecule has 0 aliphatic rings. The Bertz CT molecular complexity index is 503. The Hall–Kier alpha value is -1.10. The van der Waals surface area contributed by atoms with Crippen LogP contribution in [0.25, 0.3) is 10.1 Å². The van der Waals surface area contributed by atoms with Crippen molar-refractivity contribution in [2.45, 2.75) is 12.5 Å². The predicted molar refractivity (Wildman–Crippen MR) is 72.6 cm³/mol. The lowest BCUT2D eigenvalue weighted by atomic mass is 10.0. The number of benzene rings is 1. The smallest absolute Gasteiger partial charge is 0.331 e. The molecular formula is C12H14ClNO2S. The first-order valence-electron chi connectivity index (χ1n) is 4.92. The lowest BCUT2D eigenvalue weighted by Crippen LogP contribution is -2.41. The second-order valence-electron chi connectivity index (χ2n) is 3.84. The fourth-order valence-electron chi connectivity index (χ4n) is 1.55. The third kappa shape index (κ3) is 2.44. The first-order valence-corrected chi connectivity index (χ1v) is 5.73. The number of carbonyl (C=O) groups excluding carboxylic acids is 1. The molecule has 1 aromatic heterocycles. The van der Waals surface area contributed by atoms with E-state index < -0.39 is 11.5 Å². The third-order valence-electron chi connectivity index (χ3n) is 2.55. The van der Waals surface area contributed by atoms with Gasteiger partial charge in [0, 0.05) is 9.58 Å². The van der Waals surface area contributed by atoms with Crippen molar-refractivity contribution >= 4 is 39.8 Å². The van der Waals surface area contributed by atoms with Gasteiger partial charge in [-0.15, -0.1) is 23.7 Å². The van der Waals surface area contributed by atoms with E-state index in [0.717, 1.165) is 15.0 Å². The molecule has 1 atom stereocenters. The average Bonchev–Trinajstić information content (AvgIpc) is 2.72. The van der Waals surface area contributed by atoms with Gasteiger partial charge in [-0.05, 0) is 24.4 Å². The zero-order valence-electron chi connectivity index (χ0n) is 9.60. The molecule has 17 heavy (non-hydrogen) atoms. The Morgan fingerprint density at radius 3 is 2.65 bits per heavy atom. The van der Waals surface area contributed by atoms with E-state index in [1.807, 2.05) is 30.3 Å². The molecule has 0 bridgehead atoms. The largest absolute Gasteiger partial charge is 0.467 e. The minimum atomic E-state index is -1.07. The summed E-state index contributed by atoms with van der Waals surface area (Å²) in [5.41, 5.74) is 4.92. The molecule has 0 aliphatic carbocycles. The van der Waals surface area contributed by atoms with Crippen LogP contribution in [0, 0.1) is 0 Å². The number of esters is 1. The van der Waals surface area contributed by atoms with Gasteiger partial charge >= 0.3 is 5.97 Å². The maximum Gasteiger partial charge on any atom is 0.331 e. The molecule has 2 N–H and O–H groups in total. The highest BCUT2D eigenvalue weighted by atomic mass is 35.5. The zero-order valence-corrected chi connectivity index (χ0v) is 11.2. The molecule has 0 radical (unpaired) electrons. The number of thiophene rings is 1. The van der Waals surface area contributed by atoms with Crippen LogP contribution in [0.15, 0.2) is 30.3 Å². The van der Waals surface area contributed by atoms with Crippen molar-refractivity contribution in [2.75, 3.05) is 7.11 Å². The number of fused-ring (bicyclic) bond motifs is 1. The summed E-state index contributed by atoms with van der Waals surface area (Å²) in [7, 11) is 1.35. The number of rotatable bonds is 2. The number of carbonyl (C=O) groups is 1. The zero-order chi connectivity index (χ0) is 11.8. The molecule has 0 saturated carbocycles. The van der Waals surface area contributed by atoms with Gasteiger partial charge in [-0.3, -0.25) is 0 Å². The molecule has 2 rings (SSSR count). The van der Waals surface area contributed by atoms with Gasteiger partial charge in [0.2, 0.25) is 0 Å². The number of halogens is 1. The van der Waals surface area contributed by atoms with Gasteiger partial charge in [0.25, 0.3) is 0 Å². The van der Waals surface area contributed by atoms with Gasteiger partial charge in [-0.1, -0.05) is 18.2 Å². The third-order valence-corrected chi connectivity index (χ3v) is 3.90. The summed E-state index contributed by atoms with van der Waals surface area (Å²) in [4.78, 5) is 12.4. The first kappa shape index (κ1) is 14.0. The van der Waals surface area contributed by atoms with Crippen LogP contribution < -0.4 is 5.73 Å². The molecule has 0 aliphatic heterocycles. The number of methoxy groups -OCH3 is 1. The van der Waals surface area contributed by atoms with Crippen LogP contribution in [0.1, 0.15) is 11.8 Å². The van der Waals surface area contributed by atoms with Gasteiger partial charge in [0.15, 0.2) is 0 Å². The number of hydrogen-bond donors (Lipinski definition) is 1. The van der Waals surface area contributed by atoms with E-state index in [4.69, 9.17) is 10.5 Å². The molecule has 0 amide bonds. The summed E-state index contributed by atoms with van der Waals surface area (Å²) >= 11 is 1.52. The Labute approximate surface area is 110 Å². The van der Waals surface area contributed by atoms with Crippen LogP contribution in [-0.4, -0.2) is 13.1 Å². The highest BCUT2D eigenvalue weighted by molar-refractivity contribution is 7.19. The predicted octanol–water partition coefficient (Wildman–Crippen LogP) is 2.67. The maximum atomic E-state index is 11.6. The number of hydrogen-bond acceptors (Lipinski definition) is 4. The van der Waals surface area contributed by atoms with E-state index in [9.17, 15) is 4.79 Å². The molecule has 0 fully saturated rings. The van der Waals surface area contributed by atoms with E-state index in [1.54, 1.807) is 6.92 Å². The SMILES string of the molecule is COC(=O)C(C)(N)c1cc2ccccc2s1.Cl. The van der Waals surface area contributed by atoms with Crippen molar-refractivity contribution in [2.24, 2.45) is 5.73 Å². The highest BCUT2D eigenvalue weighted by Gasteiger charge is 2.33. The molecule has 1 aromatic carbocycles. The highest BCUT2D eigenvalue weighted by Crippen LogP contribution is 2.32. The normalized spacial score (nSPS) is 13.8. The van der Waals surface area contributed by atoms with Crippen LogP contribution in [0.5, 0.6) is 0 Å². The standard InChI is InChI=1S/C12H13NO2S.ClH/c1-12(13,11(14)15-2)10-7-8-5-3-4-6-9(8)16-10;/h3-7H,13H2,1-2H3;1H. The Balaban J connectivity index is 0.00000144. The summed E-state index contributed by atoms with van der Waals surface area (Å²) in [6.45, 7) is 1.67. The van der Waals surface area contributed by atoms with E-state index in [-0.39, 0.29) is 12.4 Å². The van der Waals surface area contributed by atoms with Gasteiger partial charge < -0.3 is 10.5 Å². The summed E-state index contributed by atoms with van der Waals surface area (Å²) < 4.78 is 5.83. The van der Waals surface area contributed by atoms with E-state index in [0.29, 0.717) is 0 Å². The maximum absolute atomic E-state index is 11.6. The fraction of sp³-hybridized carbons (Fsp3) is 0.250. The minimum Gasteiger partial charge on any atom is -0.467 e. The van der Waals surface area contributed by atoms with Gasteiger partial charge in [0.1, 0.15) is 5.54 Å². The van der Waals surface area contributed by atoms with E-state index >= 15 is 0 Å². The van der Waals surface area contributed by atoms with Crippen LogP contribution in [0.4, 0.5) is 0 Å². The Morgan fingerprint density at radius 2 is 2.06 bits per heavy atom. The van der Waals surface area contributed by atoms with Gasteiger partial charge in [-0.2, -0.15) is 0 Å². The summed E-state index contributed by atoms with van der Waals surface area (Å²) in [5, 5.41) is 1.10. The number of nitrogens with two attached hydrogens (primary N) is 1. The van der Waals surface area contributed by atoms with Crippen molar-refractivity contribution in [3.63, 3.8) is 0 Å². The quantitative estimate of drug-likeness (QED) is 0.855. The monoisotopic (exact) mass is 271 g/mol. The Morgan fingerprint density at radius 1 is 1.41 bits per heavy atom. The molecule has 2 aromatic rings. The van der Waals surface area contributed by atoms with Crippen molar-refractivity contribution in [3.05, 3.63) is 35.2 Å². The van der Waals surface area contributed by atoms with Crippen LogP contribution in [-0.2, 0) is 15.1 Å². The van der Waals surface area contributed by atoms with E-state index in [1.165, 1.54) is 18.4 Å². The second kappa shape index (κ2) is 5.04. The molecule has 0 spiro atoms. The molecule has 5 heteroatoms. The lowest BCUT2D eigenvalue weighted by molar-refractivity contribution is -0.146. The van der Waals surface area contributed by atoms with Crippen LogP contribution >= 0.6 is 23.7 Å². The molecule has 92 valence electrons.